The summed E-state index contributed by atoms with van der Waals surface area (Å²) in [5, 5.41) is 0.557. The Morgan fingerprint density at radius 3 is 2.23 bits per heavy atom. The van der Waals surface area contributed by atoms with Crippen LogP contribution in [0.3, 0.4) is 0 Å². The highest BCUT2D eigenvalue weighted by atomic mass is 35.5. The van der Waals surface area contributed by atoms with E-state index in [2.05, 4.69) is 5.92 Å². The average molecular weight is 217 g/mol. The van der Waals surface area contributed by atoms with Crippen LogP contribution in [0.4, 0.5) is 0 Å². The van der Waals surface area contributed by atoms with Crippen molar-refractivity contribution in [3.8, 4) is 11.6 Å². The van der Waals surface area contributed by atoms with Crippen LogP contribution in [0.15, 0.2) is 24.3 Å². The molecule has 3 nitrogen and oxygen atoms in total. The zero-order chi connectivity index (χ0) is 9.90. The number of rotatable bonds is 0. The van der Waals surface area contributed by atoms with Crippen LogP contribution in [-0.2, 0) is 4.57 Å². The summed E-state index contributed by atoms with van der Waals surface area (Å²) in [6, 6.07) is 6.38. The van der Waals surface area contributed by atoms with Gasteiger partial charge in [0.2, 0.25) is 0 Å². The first-order valence-corrected chi connectivity index (χ1v) is 5.31. The Kier molecular flexibility index (Phi) is 3.13. The molecule has 0 fully saturated rings. The Morgan fingerprint density at radius 1 is 1.23 bits per heavy atom. The molecule has 0 amide bonds. The Balaban J connectivity index is 2.91. The van der Waals surface area contributed by atoms with Gasteiger partial charge < -0.3 is 9.79 Å². The van der Waals surface area contributed by atoms with Gasteiger partial charge in [0.15, 0.2) is 0 Å². The topological polar surface area (TPSA) is 57.5 Å². The van der Waals surface area contributed by atoms with Gasteiger partial charge in [-0.3, -0.25) is 0 Å². The highest BCUT2D eigenvalue weighted by molar-refractivity contribution is 7.57. The molecule has 0 aromatic heterocycles. The quantitative estimate of drug-likeness (QED) is 0.514. The second kappa shape index (κ2) is 3.95. The van der Waals surface area contributed by atoms with Crippen LogP contribution in [0, 0.1) is 11.6 Å². The first-order chi connectivity index (χ1) is 5.97. The zero-order valence-electron chi connectivity index (χ0n) is 6.44. The third-order valence-corrected chi connectivity index (χ3v) is 1.85. The van der Waals surface area contributed by atoms with E-state index in [1.165, 1.54) is 0 Å². The van der Waals surface area contributed by atoms with Crippen LogP contribution in [0.1, 0.15) is 5.56 Å². The minimum Gasteiger partial charge on any atom is -0.315 e. The molecule has 68 valence electrons. The lowest BCUT2D eigenvalue weighted by Gasteiger charge is -1.91. The molecule has 5 heteroatoms. The first-order valence-electron chi connectivity index (χ1n) is 3.32. The van der Waals surface area contributed by atoms with Gasteiger partial charge >= 0.3 is 7.60 Å². The molecule has 0 aliphatic carbocycles. The van der Waals surface area contributed by atoms with Crippen molar-refractivity contribution < 1.29 is 14.4 Å². The molecule has 13 heavy (non-hydrogen) atoms. The number of hydrogen-bond donors (Lipinski definition) is 2. The van der Waals surface area contributed by atoms with E-state index in [0.717, 1.165) is 0 Å². The van der Waals surface area contributed by atoms with Gasteiger partial charge in [-0.2, -0.15) is 0 Å². The normalized spacial score (nSPS) is 10.4. The summed E-state index contributed by atoms with van der Waals surface area (Å²) in [6.07, 6.45) is 0. The summed E-state index contributed by atoms with van der Waals surface area (Å²) in [6.45, 7) is 0. The maximum Gasteiger partial charge on any atom is 0.400 e. The van der Waals surface area contributed by atoms with Crippen LogP contribution in [0.5, 0.6) is 0 Å². The fraction of sp³-hybridized carbons (Fsp3) is 0. The highest BCUT2D eigenvalue weighted by Gasteiger charge is 2.05. The highest BCUT2D eigenvalue weighted by Crippen LogP contribution is 2.32. The first kappa shape index (κ1) is 10.3. The van der Waals surface area contributed by atoms with Crippen molar-refractivity contribution in [2.24, 2.45) is 0 Å². The van der Waals surface area contributed by atoms with Crippen LogP contribution >= 0.6 is 19.2 Å². The SMILES string of the molecule is O=P(O)(O)C#Cc1ccc(Cl)cc1. The Labute approximate surface area is 80.5 Å². The number of hydrogen-bond acceptors (Lipinski definition) is 1. The van der Waals surface area contributed by atoms with Crippen molar-refractivity contribution in [3.05, 3.63) is 34.9 Å². The summed E-state index contributed by atoms with van der Waals surface area (Å²) in [7, 11) is -4.24. The van der Waals surface area contributed by atoms with E-state index in [0.29, 0.717) is 10.6 Å². The summed E-state index contributed by atoms with van der Waals surface area (Å²) < 4.78 is 10.4. The lowest BCUT2D eigenvalue weighted by atomic mass is 10.2. The monoisotopic (exact) mass is 216 g/mol. The maximum atomic E-state index is 10.4. The van der Waals surface area contributed by atoms with Crippen molar-refractivity contribution in [1.29, 1.82) is 0 Å². The molecule has 1 rings (SSSR count). The number of halogens is 1. The summed E-state index contributed by atoms with van der Waals surface area (Å²) in [5.74, 6) is 2.34. The van der Waals surface area contributed by atoms with Gasteiger partial charge in [-0.15, -0.1) is 0 Å². The maximum absolute atomic E-state index is 10.4. The second-order valence-corrected chi connectivity index (χ2v) is 4.04. The van der Waals surface area contributed by atoms with Crippen LogP contribution < -0.4 is 0 Å². The van der Waals surface area contributed by atoms with E-state index in [9.17, 15) is 4.57 Å². The van der Waals surface area contributed by atoms with Crippen molar-refractivity contribution in [2.45, 2.75) is 0 Å². The Bertz CT molecular complexity index is 396. The van der Waals surface area contributed by atoms with Crippen LogP contribution in [0.2, 0.25) is 5.02 Å². The van der Waals surface area contributed by atoms with Gasteiger partial charge in [-0.05, 0) is 24.3 Å². The molecule has 0 aliphatic rings. The predicted molar refractivity (Wildman–Crippen MR) is 50.4 cm³/mol. The molecule has 0 radical (unpaired) electrons. The number of benzene rings is 1. The van der Waals surface area contributed by atoms with Crippen molar-refractivity contribution >= 4 is 19.2 Å². The van der Waals surface area contributed by atoms with E-state index in [1.54, 1.807) is 24.3 Å². The minimum atomic E-state index is -4.24. The molecule has 0 aliphatic heterocycles. The van der Waals surface area contributed by atoms with E-state index < -0.39 is 7.60 Å². The van der Waals surface area contributed by atoms with E-state index in [1.807, 2.05) is 5.66 Å². The fourth-order valence-electron chi connectivity index (χ4n) is 0.671. The van der Waals surface area contributed by atoms with Crippen molar-refractivity contribution in [2.75, 3.05) is 0 Å². The molecule has 1 aromatic rings. The van der Waals surface area contributed by atoms with E-state index in [-0.39, 0.29) is 0 Å². The Hall–Kier alpha value is -0.780. The van der Waals surface area contributed by atoms with Gasteiger partial charge in [0.25, 0.3) is 0 Å². The second-order valence-electron chi connectivity index (χ2n) is 2.29. The molecule has 0 atom stereocenters. The molecule has 2 N–H and O–H groups in total. The summed E-state index contributed by atoms with van der Waals surface area (Å²) in [5.41, 5.74) is 2.35. The van der Waals surface area contributed by atoms with E-state index in [4.69, 9.17) is 21.4 Å². The smallest absolute Gasteiger partial charge is 0.315 e. The van der Waals surface area contributed by atoms with Gasteiger partial charge in [0, 0.05) is 16.2 Å². The molecule has 0 bridgehead atoms. The summed E-state index contributed by atoms with van der Waals surface area (Å²) >= 11 is 5.60. The molecular weight excluding hydrogens is 211 g/mol. The van der Waals surface area contributed by atoms with Gasteiger partial charge in [-0.1, -0.05) is 17.5 Å². The minimum absolute atomic E-state index is 0.521. The average Bonchev–Trinajstić information content (AvgIpc) is 2.02. The largest absolute Gasteiger partial charge is 0.400 e. The lowest BCUT2D eigenvalue weighted by Crippen LogP contribution is -1.74. The lowest BCUT2D eigenvalue weighted by molar-refractivity contribution is 0.389. The molecule has 1 aromatic carbocycles. The van der Waals surface area contributed by atoms with Gasteiger partial charge in [0.05, 0.1) is 0 Å². The molecule has 0 spiro atoms. The molecule has 0 saturated carbocycles. The van der Waals surface area contributed by atoms with Crippen LogP contribution in [-0.4, -0.2) is 9.79 Å². The van der Waals surface area contributed by atoms with E-state index >= 15 is 0 Å². The molecule has 0 heterocycles. The van der Waals surface area contributed by atoms with Crippen LogP contribution in [0.25, 0.3) is 0 Å². The molecular formula is C8H6ClO3P. The van der Waals surface area contributed by atoms with Crippen molar-refractivity contribution in [3.63, 3.8) is 0 Å². The molecule has 0 saturated heterocycles. The third-order valence-electron chi connectivity index (χ3n) is 1.19. The van der Waals surface area contributed by atoms with Crippen molar-refractivity contribution in [1.82, 2.24) is 0 Å². The predicted octanol–water partition coefficient (Wildman–Crippen LogP) is 1.83. The Morgan fingerprint density at radius 2 is 1.77 bits per heavy atom. The fourth-order valence-corrected chi connectivity index (χ4v) is 1.07. The zero-order valence-corrected chi connectivity index (χ0v) is 8.09. The summed E-state index contributed by atoms with van der Waals surface area (Å²) in [4.78, 5) is 16.9. The standard InChI is InChI=1S/C8H6ClO3P/c9-8-3-1-7(2-4-8)5-6-13(10,11)12/h1-4H,(H2,10,11,12). The van der Waals surface area contributed by atoms with Gasteiger partial charge in [-0.25, -0.2) is 4.57 Å². The van der Waals surface area contributed by atoms with Gasteiger partial charge in [0.1, 0.15) is 0 Å². The third kappa shape index (κ3) is 4.12. The molecule has 0 unspecified atom stereocenters.